The van der Waals surface area contributed by atoms with Crippen LogP contribution in [0.3, 0.4) is 0 Å². The van der Waals surface area contributed by atoms with E-state index in [1.54, 1.807) is 18.2 Å². The SMILES string of the molecule is CC(C)(CNS(=O)(=O)c1ccccc1)Oc1ccc(CCCC2=NN(c3ccc(C(F)(F)F)cc3)C(=O)C23CCCC3)cc1. The van der Waals surface area contributed by atoms with E-state index >= 15 is 0 Å². The third kappa shape index (κ3) is 6.99. The molecule has 2 aliphatic rings. The molecule has 0 unspecified atom stereocenters. The van der Waals surface area contributed by atoms with Crippen LogP contribution in [0.5, 0.6) is 5.75 Å². The van der Waals surface area contributed by atoms with E-state index in [1.165, 1.54) is 29.3 Å². The second-order valence-corrected chi connectivity index (χ2v) is 13.8. The number of sulfonamides is 1. The van der Waals surface area contributed by atoms with E-state index in [0.717, 1.165) is 49.1 Å². The summed E-state index contributed by atoms with van der Waals surface area (Å²) in [5, 5.41) is 5.94. The average molecular weight is 628 g/mol. The molecule has 7 nitrogen and oxygen atoms in total. The van der Waals surface area contributed by atoms with Crippen LogP contribution in [0.4, 0.5) is 18.9 Å². The molecule has 44 heavy (non-hydrogen) atoms. The quantitative estimate of drug-likeness (QED) is 0.245. The van der Waals surface area contributed by atoms with Gasteiger partial charge in [0.25, 0.3) is 5.91 Å². The van der Waals surface area contributed by atoms with Crippen molar-refractivity contribution in [3.63, 3.8) is 0 Å². The van der Waals surface area contributed by atoms with Gasteiger partial charge in [-0.25, -0.2) is 13.1 Å². The van der Waals surface area contributed by atoms with Crippen LogP contribution in [0.1, 0.15) is 63.5 Å². The van der Waals surface area contributed by atoms with Crippen molar-refractivity contribution in [1.29, 1.82) is 0 Å². The van der Waals surface area contributed by atoms with Crippen LogP contribution < -0.4 is 14.5 Å². The number of nitrogens with one attached hydrogen (secondary N) is 1. The molecule has 1 aliphatic heterocycles. The van der Waals surface area contributed by atoms with Gasteiger partial charge in [-0.05, 0) is 100 Å². The first-order chi connectivity index (χ1) is 20.8. The highest BCUT2D eigenvalue weighted by Gasteiger charge is 2.52. The summed E-state index contributed by atoms with van der Waals surface area (Å²) in [5.74, 6) is 0.459. The molecule has 3 aromatic rings. The number of aryl methyl sites for hydroxylation is 1. The fourth-order valence-corrected chi connectivity index (χ4v) is 7.04. The fourth-order valence-electron chi connectivity index (χ4n) is 5.82. The number of hydrazone groups is 1. The Balaban J connectivity index is 1.18. The zero-order valence-electron chi connectivity index (χ0n) is 24.7. The van der Waals surface area contributed by atoms with Gasteiger partial charge in [-0.1, -0.05) is 43.2 Å². The Bertz CT molecular complexity index is 1600. The minimum atomic E-state index is -4.45. The predicted molar refractivity (Wildman–Crippen MR) is 163 cm³/mol. The predicted octanol–water partition coefficient (Wildman–Crippen LogP) is 7.13. The Morgan fingerprint density at radius 1 is 0.909 bits per heavy atom. The molecule has 11 heteroatoms. The van der Waals surface area contributed by atoms with Gasteiger partial charge in [0.2, 0.25) is 10.0 Å². The van der Waals surface area contributed by atoms with Gasteiger partial charge in [0.1, 0.15) is 11.4 Å². The van der Waals surface area contributed by atoms with Crippen molar-refractivity contribution in [2.45, 2.75) is 75.5 Å². The normalized spacial score (nSPS) is 16.9. The van der Waals surface area contributed by atoms with Gasteiger partial charge in [0, 0.05) is 0 Å². The van der Waals surface area contributed by atoms with E-state index in [4.69, 9.17) is 4.74 Å². The van der Waals surface area contributed by atoms with Crippen molar-refractivity contribution < 1.29 is 31.1 Å². The van der Waals surface area contributed by atoms with Gasteiger partial charge in [0.05, 0.1) is 33.8 Å². The summed E-state index contributed by atoms with van der Waals surface area (Å²) in [7, 11) is -3.65. The Kier molecular flexibility index (Phi) is 8.91. The Labute approximate surface area is 256 Å². The molecule has 0 radical (unpaired) electrons. The van der Waals surface area contributed by atoms with Crippen molar-refractivity contribution in [1.82, 2.24) is 4.72 Å². The highest BCUT2D eigenvalue weighted by Crippen LogP contribution is 2.47. The highest BCUT2D eigenvalue weighted by atomic mass is 32.2. The molecule has 0 saturated heterocycles. The van der Waals surface area contributed by atoms with Crippen molar-refractivity contribution in [3.05, 3.63) is 90.0 Å². The lowest BCUT2D eigenvalue weighted by molar-refractivity contribution is -0.137. The fraction of sp³-hybridized carbons (Fsp3) is 0.394. The molecule has 0 bridgehead atoms. The molecule has 1 heterocycles. The van der Waals surface area contributed by atoms with Gasteiger partial charge in [-0.2, -0.15) is 23.3 Å². The lowest BCUT2D eigenvalue weighted by Crippen LogP contribution is -2.42. The molecule has 1 saturated carbocycles. The number of anilines is 1. The molecule has 3 aromatic carbocycles. The number of nitrogens with zero attached hydrogens (tertiary/aromatic N) is 2. The standard InChI is InChI=1S/C33H36F3N3O4S/c1-31(2,23-37-44(41,42)28-10-4-3-5-11-28)43-27-19-13-24(14-20-27)9-8-12-29-32(21-6-7-22-32)30(40)39(38-29)26-17-15-25(16-18-26)33(34,35)36/h3-5,10-11,13-20,37H,6-9,12,21-23H2,1-2H3. The van der Waals surface area contributed by atoms with Gasteiger partial charge in [-0.3, -0.25) is 4.79 Å². The third-order valence-corrected chi connectivity index (χ3v) is 9.63. The monoisotopic (exact) mass is 627 g/mol. The summed E-state index contributed by atoms with van der Waals surface area (Å²) in [6, 6.07) is 20.4. The van der Waals surface area contributed by atoms with Crippen molar-refractivity contribution in [2.75, 3.05) is 11.6 Å². The van der Waals surface area contributed by atoms with Crippen LogP contribution >= 0.6 is 0 Å². The second-order valence-electron chi connectivity index (χ2n) is 12.0. The Hall–Kier alpha value is -3.70. The maximum Gasteiger partial charge on any atom is 0.416 e. The van der Waals surface area contributed by atoms with E-state index in [2.05, 4.69) is 9.82 Å². The summed E-state index contributed by atoms with van der Waals surface area (Å²) < 4.78 is 72.9. The lowest BCUT2D eigenvalue weighted by Gasteiger charge is -2.27. The summed E-state index contributed by atoms with van der Waals surface area (Å²) in [4.78, 5) is 13.7. The van der Waals surface area contributed by atoms with Crippen LogP contribution in [0.25, 0.3) is 0 Å². The highest BCUT2D eigenvalue weighted by molar-refractivity contribution is 7.89. The first-order valence-electron chi connectivity index (χ1n) is 14.7. The molecule has 0 aromatic heterocycles. The number of amides is 1. The van der Waals surface area contributed by atoms with Crippen LogP contribution in [-0.4, -0.2) is 32.2 Å². The Morgan fingerprint density at radius 2 is 1.55 bits per heavy atom. The van der Waals surface area contributed by atoms with Crippen molar-refractivity contribution >= 4 is 27.3 Å². The minimum absolute atomic E-state index is 0.0814. The number of hydrogen-bond donors (Lipinski definition) is 1. The van der Waals surface area contributed by atoms with Crippen LogP contribution in [0, 0.1) is 5.41 Å². The molecule has 1 N–H and O–H groups in total. The number of rotatable bonds is 11. The summed E-state index contributed by atoms with van der Waals surface area (Å²) in [5.41, 5.74) is -0.0144. The molecule has 1 aliphatic carbocycles. The molecule has 5 rings (SSSR count). The molecule has 1 amide bonds. The lowest BCUT2D eigenvalue weighted by atomic mass is 9.78. The van der Waals surface area contributed by atoms with Crippen LogP contribution in [-0.2, 0) is 27.4 Å². The number of halogens is 3. The van der Waals surface area contributed by atoms with E-state index in [0.29, 0.717) is 30.7 Å². The van der Waals surface area contributed by atoms with Crippen LogP contribution in [0.2, 0.25) is 0 Å². The minimum Gasteiger partial charge on any atom is -0.487 e. The number of carbonyl (C=O) groups is 1. The number of hydrogen-bond acceptors (Lipinski definition) is 5. The molecule has 1 fully saturated rings. The maximum atomic E-state index is 13.5. The van der Waals surface area contributed by atoms with Gasteiger partial charge in [-0.15, -0.1) is 0 Å². The summed E-state index contributed by atoms with van der Waals surface area (Å²) >= 11 is 0. The maximum absolute atomic E-state index is 13.5. The molecule has 0 atom stereocenters. The first-order valence-corrected chi connectivity index (χ1v) is 16.2. The largest absolute Gasteiger partial charge is 0.487 e. The Morgan fingerprint density at radius 3 is 2.16 bits per heavy atom. The van der Waals surface area contributed by atoms with Gasteiger partial charge in [0.15, 0.2) is 0 Å². The number of ether oxygens (including phenoxy) is 1. The van der Waals surface area contributed by atoms with E-state index in [-0.39, 0.29) is 17.3 Å². The zero-order valence-corrected chi connectivity index (χ0v) is 25.5. The molecular formula is C33H36F3N3O4S. The summed E-state index contributed by atoms with van der Waals surface area (Å²) in [6.07, 6.45) is 0.879. The van der Waals surface area contributed by atoms with E-state index in [1.807, 2.05) is 38.1 Å². The van der Waals surface area contributed by atoms with Crippen LogP contribution in [0.15, 0.2) is 88.9 Å². The first kappa shape index (κ1) is 31.7. The third-order valence-electron chi connectivity index (χ3n) is 8.21. The molecule has 234 valence electrons. The second kappa shape index (κ2) is 12.4. The van der Waals surface area contributed by atoms with Gasteiger partial charge >= 0.3 is 6.18 Å². The summed E-state index contributed by atoms with van der Waals surface area (Å²) in [6.45, 7) is 3.70. The van der Waals surface area contributed by atoms with Gasteiger partial charge < -0.3 is 4.74 Å². The smallest absolute Gasteiger partial charge is 0.416 e. The molecular weight excluding hydrogens is 591 g/mol. The van der Waals surface area contributed by atoms with Crippen molar-refractivity contribution in [3.8, 4) is 5.75 Å². The number of carbonyl (C=O) groups excluding carboxylic acids is 1. The number of alkyl halides is 3. The number of benzene rings is 3. The van der Waals surface area contributed by atoms with E-state index in [9.17, 15) is 26.4 Å². The topological polar surface area (TPSA) is 88.1 Å². The zero-order chi connectivity index (χ0) is 31.6. The van der Waals surface area contributed by atoms with E-state index < -0.39 is 32.8 Å². The van der Waals surface area contributed by atoms with Crippen molar-refractivity contribution in [2.24, 2.45) is 10.5 Å². The molecule has 1 spiro atoms. The average Bonchev–Trinajstić information content (AvgIpc) is 3.59.